The summed E-state index contributed by atoms with van der Waals surface area (Å²) in [6, 6.07) is 13.0. The largest absolute Gasteiger partial charge is 0.396 e. The van der Waals surface area contributed by atoms with Crippen LogP contribution in [0.1, 0.15) is 34.7 Å². The molecule has 2 atom stereocenters. The minimum Gasteiger partial charge on any atom is -0.396 e. The van der Waals surface area contributed by atoms with Gasteiger partial charge in [-0.15, -0.1) is 0 Å². The number of rotatable bonds is 10. The molecule has 2 fully saturated rings. The molecule has 2 aliphatic heterocycles. The van der Waals surface area contributed by atoms with Gasteiger partial charge in [-0.3, -0.25) is 9.69 Å². The third-order valence-corrected chi connectivity index (χ3v) is 8.14. The summed E-state index contributed by atoms with van der Waals surface area (Å²) >= 11 is 6.92. The molecule has 0 unspecified atom stereocenters. The molecule has 0 saturated carbocycles. The fourth-order valence-corrected chi connectivity index (χ4v) is 6.52. The first-order chi connectivity index (χ1) is 17.3. The molecule has 0 bridgehead atoms. The van der Waals surface area contributed by atoms with E-state index in [2.05, 4.69) is 41.7 Å². The fraction of sp³-hybridized carbons (Fsp3) is 0.519. The Labute approximate surface area is 229 Å². The molecule has 2 saturated heterocycles. The number of hydrogen-bond acceptors (Lipinski definition) is 5. The topological polar surface area (TPSA) is 56.3 Å². The molecule has 9 heteroatoms. The molecule has 0 aliphatic carbocycles. The number of benzene rings is 2. The molecular formula is C27H34Br2FN3O3. The minimum absolute atomic E-state index is 0.0460. The molecule has 1 amide bonds. The Kier molecular flexibility index (Phi) is 9.94. The molecule has 2 heterocycles. The molecule has 0 aromatic heterocycles. The fourth-order valence-electron chi connectivity index (χ4n) is 5.23. The molecule has 36 heavy (non-hydrogen) atoms. The van der Waals surface area contributed by atoms with E-state index in [1.807, 2.05) is 37.4 Å². The summed E-state index contributed by atoms with van der Waals surface area (Å²) in [6.07, 6.45) is 1.62. The molecule has 6 nitrogen and oxygen atoms in total. The summed E-state index contributed by atoms with van der Waals surface area (Å²) in [7, 11) is 1.83. The second-order valence-corrected chi connectivity index (χ2v) is 11.6. The summed E-state index contributed by atoms with van der Waals surface area (Å²) < 4.78 is 20.9. The Morgan fingerprint density at radius 2 is 1.89 bits per heavy atom. The van der Waals surface area contributed by atoms with Crippen molar-refractivity contribution in [3.8, 4) is 0 Å². The van der Waals surface area contributed by atoms with E-state index in [9.17, 15) is 14.3 Å². The number of amides is 1. The third kappa shape index (κ3) is 7.14. The van der Waals surface area contributed by atoms with Gasteiger partial charge in [0.15, 0.2) is 0 Å². The van der Waals surface area contributed by atoms with Crippen LogP contribution in [0.3, 0.4) is 0 Å². The lowest BCUT2D eigenvalue weighted by Crippen LogP contribution is -2.64. The van der Waals surface area contributed by atoms with Crippen molar-refractivity contribution in [1.29, 1.82) is 0 Å². The predicted molar refractivity (Wildman–Crippen MR) is 146 cm³/mol. The van der Waals surface area contributed by atoms with Gasteiger partial charge >= 0.3 is 0 Å². The van der Waals surface area contributed by atoms with Crippen molar-refractivity contribution in [1.82, 2.24) is 14.7 Å². The molecule has 2 aliphatic rings. The second kappa shape index (κ2) is 12.9. The van der Waals surface area contributed by atoms with Gasteiger partial charge in [0.05, 0.1) is 13.2 Å². The van der Waals surface area contributed by atoms with Crippen LogP contribution in [0.2, 0.25) is 0 Å². The zero-order valence-electron chi connectivity index (χ0n) is 20.6. The number of morpholine rings is 1. The van der Waals surface area contributed by atoms with E-state index in [0.717, 1.165) is 60.1 Å². The van der Waals surface area contributed by atoms with Crippen LogP contribution >= 0.6 is 31.9 Å². The Hall–Kier alpha value is -1.36. The number of likely N-dealkylation sites (N-methyl/N-ethyl adjacent to an activating group) is 1. The zero-order chi connectivity index (χ0) is 25.7. The van der Waals surface area contributed by atoms with Gasteiger partial charge in [-0.25, -0.2) is 4.39 Å². The summed E-state index contributed by atoms with van der Waals surface area (Å²) in [5.74, 6) is -0.204. The van der Waals surface area contributed by atoms with Gasteiger partial charge in [-0.2, -0.15) is 0 Å². The summed E-state index contributed by atoms with van der Waals surface area (Å²) in [5.41, 5.74) is 1.66. The highest BCUT2D eigenvalue weighted by atomic mass is 79.9. The van der Waals surface area contributed by atoms with E-state index in [4.69, 9.17) is 4.74 Å². The lowest BCUT2D eigenvalue weighted by molar-refractivity contribution is -0.0737. The van der Waals surface area contributed by atoms with Crippen molar-refractivity contribution in [2.45, 2.75) is 30.8 Å². The number of aliphatic hydroxyl groups excluding tert-OH is 1. The van der Waals surface area contributed by atoms with Crippen LogP contribution in [0.15, 0.2) is 51.4 Å². The average Bonchev–Trinajstić information content (AvgIpc) is 2.82. The number of carbonyl (C=O) groups excluding carboxylic acids is 1. The molecule has 2 aromatic rings. The summed E-state index contributed by atoms with van der Waals surface area (Å²) in [6.45, 7) is 6.01. The number of hydrogen-bond donors (Lipinski definition) is 1. The second-order valence-electron chi connectivity index (χ2n) is 9.77. The van der Waals surface area contributed by atoms with E-state index >= 15 is 0 Å². The highest BCUT2D eigenvalue weighted by Crippen LogP contribution is 2.27. The van der Waals surface area contributed by atoms with Crippen LogP contribution in [0, 0.1) is 5.82 Å². The van der Waals surface area contributed by atoms with Crippen LogP contribution in [-0.2, 0) is 4.74 Å². The van der Waals surface area contributed by atoms with Crippen molar-refractivity contribution >= 4 is 37.8 Å². The van der Waals surface area contributed by atoms with Crippen molar-refractivity contribution < 1.29 is 19.0 Å². The summed E-state index contributed by atoms with van der Waals surface area (Å²) in [4.78, 5) is 19.9. The van der Waals surface area contributed by atoms with Crippen LogP contribution in [0.5, 0.6) is 0 Å². The molecule has 0 spiro atoms. The maximum absolute atomic E-state index is 13.6. The highest BCUT2D eigenvalue weighted by molar-refractivity contribution is 9.11. The zero-order valence-corrected chi connectivity index (χ0v) is 23.8. The van der Waals surface area contributed by atoms with E-state index in [1.54, 1.807) is 4.90 Å². The molecule has 2 aromatic carbocycles. The monoisotopic (exact) mass is 625 g/mol. The van der Waals surface area contributed by atoms with Crippen molar-refractivity contribution in [3.63, 3.8) is 0 Å². The molecule has 1 N–H and O–H groups in total. The lowest BCUT2D eigenvalue weighted by atomic mass is 9.93. The van der Waals surface area contributed by atoms with Gasteiger partial charge in [0, 0.05) is 72.3 Å². The van der Waals surface area contributed by atoms with Gasteiger partial charge < -0.3 is 19.6 Å². The lowest BCUT2D eigenvalue weighted by Gasteiger charge is -2.50. The highest BCUT2D eigenvalue weighted by Gasteiger charge is 2.36. The molecule has 0 radical (unpaired) electrons. The maximum Gasteiger partial charge on any atom is 0.253 e. The number of likely N-dealkylation sites (tertiary alicyclic amines) is 1. The van der Waals surface area contributed by atoms with E-state index < -0.39 is 0 Å². The Morgan fingerprint density at radius 3 is 2.56 bits per heavy atom. The normalized spacial score (nSPS) is 20.2. The number of carbonyl (C=O) groups is 1. The first-order valence-electron chi connectivity index (χ1n) is 12.5. The van der Waals surface area contributed by atoms with Gasteiger partial charge in [-0.05, 0) is 55.3 Å². The average molecular weight is 627 g/mol. The Bertz CT molecular complexity index is 998. The Balaban J connectivity index is 1.37. The molecule has 196 valence electrons. The number of nitrogens with zero attached hydrogens (tertiary/aromatic N) is 3. The first-order valence-corrected chi connectivity index (χ1v) is 14.1. The van der Waals surface area contributed by atoms with Crippen LogP contribution < -0.4 is 0 Å². The van der Waals surface area contributed by atoms with Crippen LogP contribution in [0.4, 0.5) is 4.39 Å². The van der Waals surface area contributed by atoms with E-state index in [-0.39, 0.29) is 24.2 Å². The van der Waals surface area contributed by atoms with Gasteiger partial charge in [0.2, 0.25) is 0 Å². The SMILES string of the molecule is CN(C[C@@H](CCN1CC(N2CCOC[C@H]2CCO)C1)c1ccc(F)cc1)C(=O)c1cc(Br)cc(Br)c1. The minimum atomic E-state index is -0.255. The van der Waals surface area contributed by atoms with Crippen molar-refractivity contribution in [2.75, 3.05) is 59.6 Å². The van der Waals surface area contributed by atoms with Crippen LogP contribution in [-0.4, -0.2) is 97.4 Å². The standard InChI is InChI=1S/C27H34Br2FN3O3/c1-31(27(35)21-12-22(28)14-23(29)13-21)15-20(19-2-4-24(30)5-3-19)6-8-32-16-26(17-32)33-9-11-36-18-25(33)7-10-34/h2-5,12-14,20,25-26,34H,6-11,15-18H2,1H3/t20-,25-/m1/s1. The maximum atomic E-state index is 13.6. The predicted octanol–water partition coefficient (Wildman–Crippen LogP) is 4.36. The van der Waals surface area contributed by atoms with E-state index in [1.165, 1.54) is 12.1 Å². The Morgan fingerprint density at radius 1 is 1.19 bits per heavy atom. The summed E-state index contributed by atoms with van der Waals surface area (Å²) in [5, 5.41) is 9.39. The van der Waals surface area contributed by atoms with Gasteiger partial charge in [0.25, 0.3) is 5.91 Å². The smallest absolute Gasteiger partial charge is 0.253 e. The van der Waals surface area contributed by atoms with Crippen molar-refractivity contribution in [2.24, 2.45) is 0 Å². The van der Waals surface area contributed by atoms with E-state index in [0.29, 0.717) is 30.8 Å². The van der Waals surface area contributed by atoms with Gasteiger partial charge in [-0.1, -0.05) is 44.0 Å². The molecule has 4 rings (SSSR count). The third-order valence-electron chi connectivity index (χ3n) is 7.23. The number of aliphatic hydroxyl groups is 1. The quantitative estimate of drug-likeness (QED) is 0.425. The number of halogens is 3. The van der Waals surface area contributed by atoms with Crippen molar-refractivity contribution in [3.05, 3.63) is 68.4 Å². The van der Waals surface area contributed by atoms with Crippen LogP contribution in [0.25, 0.3) is 0 Å². The van der Waals surface area contributed by atoms with Gasteiger partial charge in [0.1, 0.15) is 5.82 Å². The molecular weight excluding hydrogens is 593 g/mol. The number of ether oxygens (including phenoxy) is 1. The first kappa shape index (κ1) is 27.7.